The number of thiocarbonyl (C=S) groups is 1. The highest BCUT2D eigenvalue weighted by atomic mass is 32.1. The molecule has 0 spiro atoms. The van der Waals surface area contributed by atoms with E-state index in [0.29, 0.717) is 10.8 Å². The molecule has 25 heavy (non-hydrogen) atoms. The smallest absolute Gasteiger partial charge is 0.173 e. The SMILES string of the molecule is Fc1ccccc1NC(=S)N1CCN(CC=Cc2ccccc2)CC1. The average Bonchev–Trinajstić information content (AvgIpc) is 2.65. The van der Waals surface area contributed by atoms with Gasteiger partial charge in [-0.15, -0.1) is 0 Å². The van der Waals surface area contributed by atoms with Crippen molar-refractivity contribution >= 4 is 29.1 Å². The molecule has 0 amide bonds. The van der Waals surface area contributed by atoms with Gasteiger partial charge in [0, 0.05) is 32.7 Å². The summed E-state index contributed by atoms with van der Waals surface area (Å²) >= 11 is 5.42. The fourth-order valence-corrected chi connectivity index (χ4v) is 3.08. The largest absolute Gasteiger partial charge is 0.346 e. The quantitative estimate of drug-likeness (QED) is 0.839. The normalized spacial score (nSPS) is 15.5. The lowest BCUT2D eigenvalue weighted by atomic mass is 10.2. The molecule has 5 heteroatoms. The van der Waals surface area contributed by atoms with E-state index in [-0.39, 0.29) is 5.82 Å². The number of halogens is 1. The number of piperazine rings is 1. The Morgan fingerprint density at radius 1 is 1.00 bits per heavy atom. The van der Waals surface area contributed by atoms with E-state index in [1.54, 1.807) is 18.2 Å². The first-order valence-corrected chi connectivity index (χ1v) is 8.87. The van der Waals surface area contributed by atoms with Crippen LogP contribution in [0.5, 0.6) is 0 Å². The first kappa shape index (κ1) is 17.6. The van der Waals surface area contributed by atoms with Crippen LogP contribution in [-0.2, 0) is 0 Å². The lowest BCUT2D eigenvalue weighted by Gasteiger charge is -2.35. The predicted octanol–water partition coefficient (Wildman–Crippen LogP) is 3.85. The van der Waals surface area contributed by atoms with E-state index in [2.05, 4.69) is 39.4 Å². The van der Waals surface area contributed by atoms with Gasteiger partial charge in [-0.05, 0) is 29.9 Å². The van der Waals surface area contributed by atoms with Gasteiger partial charge in [0.25, 0.3) is 0 Å². The zero-order chi connectivity index (χ0) is 17.5. The topological polar surface area (TPSA) is 18.5 Å². The molecule has 1 heterocycles. The molecule has 2 aromatic rings. The van der Waals surface area contributed by atoms with Crippen LogP contribution in [0, 0.1) is 5.82 Å². The zero-order valence-corrected chi connectivity index (χ0v) is 14.9. The van der Waals surface area contributed by atoms with Crippen LogP contribution in [0.4, 0.5) is 10.1 Å². The van der Waals surface area contributed by atoms with Crippen LogP contribution in [0.3, 0.4) is 0 Å². The van der Waals surface area contributed by atoms with Crippen molar-refractivity contribution in [1.82, 2.24) is 9.80 Å². The van der Waals surface area contributed by atoms with Gasteiger partial charge < -0.3 is 10.2 Å². The maximum Gasteiger partial charge on any atom is 0.173 e. The molecule has 3 nitrogen and oxygen atoms in total. The maximum absolute atomic E-state index is 13.7. The standard InChI is InChI=1S/C20H22FN3S/c21-18-10-4-5-11-19(18)22-20(25)24-15-13-23(14-16-24)12-6-9-17-7-2-1-3-8-17/h1-11H,12-16H2,(H,22,25). The van der Waals surface area contributed by atoms with Gasteiger partial charge in [-0.1, -0.05) is 54.6 Å². The van der Waals surface area contributed by atoms with Crippen LogP contribution in [0.2, 0.25) is 0 Å². The van der Waals surface area contributed by atoms with Crippen LogP contribution in [0.15, 0.2) is 60.7 Å². The summed E-state index contributed by atoms with van der Waals surface area (Å²) in [7, 11) is 0. The van der Waals surface area contributed by atoms with Crippen molar-refractivity contribution < 1.29 is 4.39 Å². The Balaban J connectivity index is 1.44. The minimum absolute atomic E-state index is 0.283. The van der Waals surface area contributed by atoms with Gasteiger partial charge in [-0.25, -0.2) is 4.39 Å². The number of hydrogen-bond acceptors (Lipinski definition) is 2. The van der Waals surface area contributed by atoms with Gasteiger partial charge in [-0.2, -0.15) is 0 Å². The number of benzene rings is 2. The van der Waals surface area contributed by atoms with Crippen molar-refractivity contribution in [2.75, 3.05) is 38.0 Å². The highest BCUT2D eigenvalue weighted by molar-refractivity contribution is 7.80. The van der Waals surface area contributed by atoms with Crippen LogP contribution < -0.4 is 5.32 Å². The van der Waals surface area contributed by atoms with Gasteiger partial charge in [0.15, 0.2) is 5.11 Å². The molecule has 0 bridgehead atoms. The van der Waals surface area contributed by atoms with Crippen LogP contribution in [-0.4, -0.2) is 47.6 Å². The fraction of sp³-hybridized carbons (Fsp3) is 0.250. The fourth-order valence-electron chi connectivity index (χ4n) is 2.79. The van der Waals surface area contributed by atoms with E-state index < -0.39 is 0 Å². The number of para-hydroxylation sites is 1. The molecule has 2 aromatic carbocycles. The summed E-state index contributed by atoms with van der Waals surface area (Å²) < 4.78 is 13.7. The van der Waals surface area contributed by atoms with E-state index >= 15 is 0 Å². The monoisotopic (exact) mass is 355 g/mol. The van der Waals surface area contributed by atoms with Gasteiger partial charge in [-0.3, -0.25) is 4.90 Å². The summed E-state index contributed by atoms with van der Waals surface area (Å²) in [5.41, 5.74) is 1.65. The van der Waals surface area contributed by atoms with Crippen molar-refractivity contribution in [1.29, 1.82) is 0 Å². The van der Waals surface area contributed by atoms with Gasteiger partial charge in [0.2, 0.25) is 0 Å². The van der Waals surface area contributed by atoms with E-state index in [4.69, 9.17) is 12.2 Å². The molecule has 1 fully saturated rings. The number of nitrogens with one attached hydrogen (secondary N) is 1. The Bertz CT molecular complexity index is 725. The Morgan fingerprint density at radius 2 is 1.68 bits per heavy atom. The van der Waals surface area contributed by atoms with Gasteiger partial charge in [0.1, 0.15) is 5.82 Å². The predicted molar refractivity (Wildman–Crippen MR) is 106 cm³/mol. The zero-order valence-electron chi connectivity index (χ0n) is 14.1. The third kappa shape index (κ3) is 5.11. The third-order valence-corrected chi connectivity index (χ3v) is 4.61. The number of nitrogens with zero attached hydrogens (tertiary/aromatic N) is 2. The minimum Gasteiger partial charge on any atom is -0.346 e. The summed E-state index contributed by atoms with van der Waals surface area (Å²) in [6.07, 6.45) is 4.34. The molecular formula is C20H22FN3S. The summed E-state index contributed by atoms with van der Waals surface area (Å²) in [6, 6.07) is 16.9. The first-order chi connectivity index (χ1) is 12.2. The Hall–Kier alpha value is -2.24. The molecule has 0 aliphatic carbocycles. The highest BCUT2D eigenvalue weighted by Gasteiger charge is 2.18. The van der Waals surface area contributed by atoms with E-state index in [9.17, 15) is 4.39 Å². The van der Waals surface area contributed by atoms with Crippen LogP contribution >= 0.6 is 12.2 Å². The molecule has 0 atom stereocenters. The molecule has 1 N–H and O–H groups in total. The maximum atomic E-state index is 13.7. The van der Waals surface area contributed by atoms with Gasteiger partial charge >= 0.3 is 0 Å². The average molecular weight is 355 g/mol. The third-order valence-electron chi connectivity index (χ3n) is 4.25. The van der Waals surface area contributed by atoms with Crippen molar-refractivity contribution in [3.8, 4) is 0 Å². The van der Waals surface area contributed by atoms with Crippen molar-refractivity contribution in [3.05, 3.63) is 72.1 Å². The molecule has 3 rings (SSSR count). The molecule has 0 aromatic heterocycles. The lowest BCUT2D eigenvalue weighted by molar-refractivity contribution is 0.199. The molecule has 0 unspecified atom stereocenters. The molecule has 130 valence electrons. The second-order valence-electron chi connectivity index (χ2n) is 6.01. The summed E-state index contributed by atoms with van der Waals surface area (Å²) in [6.45, 7) is 4.51. The van der Waals surface area contributed by atoms with Crippen molar-refractivity contribution in [3.63, 3.8) is 0 Å². The van der Waals surface area contributed by atoms with Crippen LogP contribution in [0.25, 0.3) is 6.08 Å². The molecule has 1 saturated heterocycles. The Kier molecular flexibility index (Phi) is 6.14. The van der Waals surface area contributed by atoms with Crippen molar-refractivity contribution in [2.45, 2.75) is 0 Å². The Labute approximate surface area is 153 Å². The second kappa shape index (κ2) is 8.74. The van der Waals surface area contributed by atoms with Gasteiger partial charge in [0.05, 0.1) is 5.69 Å². The minimum atomic E-state index is -0.283. The molecular weight excluding hydrogens is 333 g/mol. The molecule has 0 radical (unpaired) electrons. The molecule has 0 saturated carbocycles. The Morgan fingerprint density at radius 3 is 2.40 bits per heavy atom. The number of rotatable bonds is 4. The summed E-state index contributed by atoms with van der Waals surface area (Å²) in [5, 5.41) is 3.60. The summed E-state index contributed by atoms with van der Waals surface area (Å²) in [4.78, 5) is 4.49. The second-order valence-corrected chi connectivity index (χ2v) is 6.40. The van der Waals surface area contributed by atoms with E-state index in [1.165, 1.54) is 11.6 Å². The van der Waals surface area contributed by atoms with Crippen LogP contribution in [0.1, 0.15) is 5.56 Å². The molecule has 1 aliphatic heterocycles. The number of anilines is 1. The first-order valence-electron chi connectivity index (χ1n) is 8.47. The highest BCUT2D eigenvalue weighted by Crippen LogP contribution is 2.14. The van der Waals surface area contributed by atoms with E-state index in [1.807, 2.05) is 18.2 Å². The number of hydrogen-bond donors (Lipinski definition) is 1. The lowest BCUT2D eigenvalue weighted by Crippen LogP contribution is -2.49. The summed E-state index contributed by atoms with van der Waals surface area (Å²) in [5.74, 6) is -0.283. The molecule has 1 aliphatic rings. The van der Waals surface area contributed by atoms with Crippen molar-refractivity contribution in [2.24, 2.45) is 0 Å². The van der Waals surface area contributed by atoms with E-state index in [0.717, 1.165) is 32.7 Å².